The summed E-state index contributed by atoms with van der Waals surface area (Å²) in [7, 11) is 0. The second-order valence-electron chi connectivity index (χ2n) is 4.34. The van der Waals surface area contributed by atoms with Crippen molar-refractivity contribution in [3.8, 4) is 0 Å². The van der Waals surface area contributed by atoms with Crippen molar-refractivity contribution in [1.29, 1.82) is 0 Å². The zero-order valence-electron chi connectivity index (χ0n) is 10.1. The molecule has 100 valence electrons. The molecule has 0 aliphatic heterocycles. The molecule has 0 aliphatic carbocycles. The third-order valence-corrected chi connectivity index (χ3v) is 3.75. The standard InChI is InChI=1S/C15H13Cl2FO/c16-14-6-5-12(18)8-10(14)7-11(9-19)13-3-1-2-4-15(13)17/h1-6,8,11,19H,7,9H2. The van der Waals surface area contributed by atoms with Crippen LogP contribution < -0.4 is 0 Å². The monoisotopic (exact) mass is 298 g/mol. The predicted octanol–water partition coefficient (Wildman–Crippen LogP) is 4.45. The summed E-state index contributed by atoms with van der Waals surface area (Å²) in [5.74, 6) is -0.539. The van der Waals surface area contributed by atoms with Crippen LogP contribution in [0.2, 0.25) is 10.0 Å². The number of hydrogen-bond acceptors (Lipinski definition) is 1. The molecule has 0 saturated heterocycles. The van der Waals surface area contributed by atoms with Gasteiger partial charge in [0.05, 0.1) is 6.61 Å². The Kier molecular flexibility index (Phi) is 4.81. The highest BCUT2D eigenvalue weighted by atomic mass is 35.5. The molecule has 0 radical (unpaired) electrons. The molecule has 2 aromatic carbocycles. The Morgan fingerprint density at radius 1 is 1.05 bits per heavy atom. The minimum Gasteiger partial charge on any atom is -0.396 e. The molecule has 0 fully saturated rings. The summed E-state index contributed by atoms with van der Waals surface area (Å²) in [6.45, 7) is -0.0728. The van der Waals surface area contributed by atoms with E-state index < -0.39 is 0 Å². The second kappa shape index (κ2) is 6.38. The largest absolute Gasteiger partial charge is 0.396 e. The van der Waals surface area contributed by atoms with E-state index in [-0.39, 0.29) is 18.3 Å². The molecule has 0 saturated carbocycles. The van der Waals surface area contributed by atoms with Crippen LogP contribution in [-0.2, 0) is 6.42 Å². The SMILES string of the molecule is OCC(Cc1cc(F)ccc1Cl)c1ccccc1Cl. The van der Waals surface area contributed by atoms with E-state index in [1.165, 1.54) is 18.2 Å². The van der Waals surface area contributed by atoms with E-state index >= 15 is 0 Å². The normalized spacial score (nSPS) is 12.4. The summed E-state index contributed by atoms with van der Waals surface area (Å²) in [6.07, 6.45) is 0.441. The van der Waals surface area contributed by atoms with E-state index in [0.717, 1.165) is 5.56 Å². The van der Waals surface area contributed by atoms with Crippen molar-refractivity contribution >= 4 is 23.2 Å². The Balaban J connectivity index is 2.29. The zero-order valence-corrected chi connectivity index (χ0v) is 11.6. The van der Waals surface area contributed by atoms with Gasteiger partial charge in [-0.1, -0.05) is 41.4 Å². The Morgan fingerprint density at radius 3 is 2.47 bits per heavy atom. The van der Waals surface area contributed by atoms with Gasteiger partial charge in [-0.05, 0) is 41.8 Å². The Morgan fingerprint density at radius 2 is 1.79 bits per heavy atom. The Hall–Kier alpha value is -1.09. The average Bonchev–Trinajstić information content (AvgIpc) is 2.41. The molecule has 1 unspecified atom stereocenters. The van der Waals surface area contributed by atoms with Gasteiger partial charge in [0.25, 0.3) is 0 Å². The topological polar surface area (TPSA) is 20.2 Å². The first kappa shape index (κ1) is 14.3. The molecular weight excluding hydrogens is 286 g/mol. The third kappa shape index (κ3) is 3.47. The molecule has 0 amide bonds. The predicted molar refractivity (Wildman–Crippen MR) is 76.4 cm³/mol. The van der Waals surface area contributed by atoms with Gasteiger partial charge < -0.3 is 5.11 Å². The molecule has 4 heteroatoms. The second-order valence-corrected chi connectivity index (χ2v) is 5.16. The van der Waals surface area contributed by atoms with E-state index in [2.05, 4.69) is 0 Å². The number of halogens is 3. The summed E-state index contributed by atoms with van der Waals surface area (Å²) in [6, 6.07) is 11.5. The fourth-order valence-electron chi connectivity index (χ4n) is 2.04. The number of aliphatic hydroxyl groups is 1. The highest BCUT2D eigenvalue weighted by Crippen LogP contribution is 2.29. The lowest BCUT2D eigenvalue weighted by Crippen LogP contribution is -2.09. The quantitative estimate of drug-likeness (QED) is 0.884. The van der Waals surface area contributed by atoms with E-state index in [1.807, 2.05) is 18.2 Å². The smallest absolute Gasteiger partial charge is 0.123 e. The lowest BCUT2D eigenvalue weighted by atomic mass is 9.92. The van der Waals surface area contributed by atoms with Gasteiger partial charge in [-0.2, -0.15) is 0 Å². The van der Waals surface area contributed by atoms with Crippen molar-refractivity contribution in [3.05, 3.63) is 69.5 Å². The minimum absolute atomic E-state index is 0.0728. The molecule has 19 heavy (non-hydrogen) atoms. The van der Waals surface area contributed by atoms with Crippen LogP contribution in [0.15, 0.2) is 42.5 Å². The lowest BCUT2D eigenvalue weighted by Gasteiger charge is -2.17. The van der Waals surface area contributed by atoms with Crippen molar-refractivity contribution in [2.45, 2.75) is 12.3 Å². The number of rotatable bonds is 4. The first-order valence-corrected chi connectivity index (χ1v) is 6.66. The summed E-state index contributed by atoms with van der Waals surface area (Å²) < 4.78 is 13.2. The number of benzene rings is 2. The van der Waals surface area contributed by atoms with Gasteiger partial charge in [-0.3, -0.25) is 0 Å². The molecule has 0 spiro atoms. The van der Waals surface area contributed by atoms with Gasteiger partial charge >= 0.3 is 0 Å². The van der Waals surface area contributed by atoms with Gasteiger partial charge in [-0.15, -0.1) is 0 Å². The minimum atomic E-state index is -0.338. The van der Waals surface area contributed by atoms with Crippen molar-refractivity contribution in [2.75, 3.05) is 6.61 Å². The molecular formula is C15H13Cl2FO. The van der Waals surface area contributed by atoms with Crippen LogP contribution in [0.1, 0.15) is 17.0 Å². The first-order chi connectivity index (χ1) is 9.11. The fraction of sp³-hybridized carbons (Fsp3) is 0.200. The van der Waals surface area contributed by atoms with Crippen LogP contribution in [0.5, 0.6) is 0 Å². The van der Waals surface area contributed by atoms with Crippen molar-refractivity contribution in [1.82, 2.24) is 0 Å². The molecule has 2 aromatic rings. The molecule has 0 aromatic heterocycles. The van der Waals surface area contributed by atoms with E-state index in [9.17, 15) is 9.50 Å². The van der Waals surface area contributed by atoms with Crippen LogP contribution in [0, 0.1) is 5.82 Å². The molecule has 1 N–H and O–H groups in total. The maximum absolute atomic E-state index is 13.2. The van der Waals surface area contributed by atoms with Crippen molar-refractivity contribution in [3.63, 3.8) is 0 Å². The van der Waals surface area contributed by atoms with Gasteiger partial charge in [0.15, 0.2) is 0 Å². The van der Waals surface area contributed by atoms with Gasteiger partial charge in [-0.25, -0.2) is 4.39 Å². The molecule has 0 bridgehead atoms. The zero-order chi connectivity index (χ0) is 13.8. The molecule has 1 nitrogen and oxygen atoms in total. The van der Waals surface area contributed by atoms with Crippen LogP contribution >= 0.6 is 23.2 Å². The maximum Gasteiger partial charge on any atom is 0.123 e. The molecule has 0 aliphatic rings. The highest BCUT2D eigenvalue weighted by Gasteiger charge is 2.16. The fourth-order valence-corrected chi connectivity index (χ4v) is 2.53. The van der Waals surface area contributed by atoms with Crippen LogP contribution in [0.25, 0.3) is 0 Å². The van der Waals surface area contributed by atoms with Crippen LogP contribution in [-0.4, -0.2) is 11.7 Å². The summed E-state index contributed by atoms with van der Waals surface area (Å²) in [5.41, 5.74) is 1.51. The van der Waals surface area contributed by atoms with E-state index in [0.29, 0.717) is 22.0 Å². The average molecular weight is 299 g/mol. The van der Waals surface area contributed by atoms with Crippen molar-refractivity contribution in [2.24, 2.45) is 0 Å². The van der Waals surface area contributed by atoms with Gasteiger partial charge in [0, 0.05) is 16.0 Å². The van der Waals surface area contributed by atoms with Crippen LogP contribution in [0.4, 0.5) is 4.39 Å². The number of aliphatic hydroxyl groups excluding tert-OH is 1. The Labute approximate surface area is 121 Å². The van der Waals surface area contributed by atoms with Gasteiger partial charge in [0.2, 0.25) is 0 Å². The summed E-state index contributed by atoms with van der Waals surface area (Å²) in [4.78, 5) is 0. The Bertz CT molecular complexity index is 572. The van der Waals surface area contributed by atoms with Crippen molar-refractivity contribution < 1.29 is 9.50 Å². The molecule has 0 heterocycles. The summed E-state index contributed by atoms with van der Waals surface area (Å²) >= 11 is 12.2. The molecule has 2 rings (SSSR count). The van der Waals surface area contributed by atoms with E-state index in [1.54, 1.807) is 6.07 Å². The van der Waals surface area contributed by atoms with Crippen LogP contribution in [0.3, 0.4) is 0 Å². The third-order valence-electron chi connectivity index (χ3n) is 3.04. The maximum atomic E-state index is 13.2. The first-order valence-electron chi connectivity index (χ1n) is 5.91. The number of hydrogen-bond donors (Lipinski definition) is 1. The summed E-state index contributed by atoms with van der Waals surface area (Å²) in [5, 5.41) is 10.6. The lowest BCUT2D eigenvalue weighted by molar-refractivity contribution is 0.264. The van der Waals surface area contributed by atoms with Gasteiger partial charge in [0.1, 0.15) is 5.82 Å². The molecule has 1 atom stereocenters. The highest BCUT2D eigenvalue weighted by molar-refractivity contribution is 6.31. The van der Waals surface area contributed by atoms with E-state index in [4.69, 9.17) is 23.2 Å².